The Morgan fingerprint density at radius 2 is 1.33 bits per heavy atom. The molecule has 184 valence electrons. The first-order valence-corrected chi connectivity index (χ1v) is 11.1. The van der Waals surface area contributed by atoms with E-state index in [-0.39, 0.29) is 47.2 Å². The first kappa shape index (κ1) is 25.8. The molecule has 0 unspecified atom stereocenters. The highest BCUT2D eigenvalue weighted by Gasteiger charge is 2.15. The molecule has 7 nitrogen and oxygen atoms in total. The average Bonchev–Trinajstić information content (AvgIpc) is 2.86. The molecule has 0 aliphatic heterocycles. The molecule has 0 spiro atoms. The van der Waals surface area contributed by atoms with E-state index in [4.69, 9.17) is 4.74 Å². The van der Waals surface area contributed by atoms with E-state index in [9.17, 15) is 30.0 Å². The molecule has 3 aromatic rings. The molecule has 36 heavy (non-hydrogen) atoms. The summed E-state index contributed by atoms with van der Waals surface area (Å²) >= 11 is 0. The number of aromatic hydroxyl groups is 4. The summed E-state index contributed by atoms with van der Waals surface area (Å²) in [6, 6.07) is 15.3. The Morgan fingerprint density at radius 3 is 1.92 bits per heavy atom. The molecule has 4 N–H and O–H groups in total. The van der Waals surface area contributed by atoms with Crippen LogP contribution in [0, 0.1) is 0 Å². The molecule has 0 bridgehead atoms. The number of rotatable bonds is 9. The van der Waals surface area contributed by atoms with E-state index in [0.717, 1.165) is 5.56 Å². The van der Waals surface area contributed by atoms with Gasteiger partial charge in [-0.15, -0.1) is 0 Å². The summed E-state index contributed by atoms with van der Waals surface area (Å²) in [5, 5.41) is 39.4. The molecule has 0 amide bonds. The zero-order valence-corrected chi connectivity index (χ0v) is 19.6. The highest BCUT2D eigenvalue weighted by atomic mass is 16.5. The lowest BCUT2D eigenvalue weighted by Gasteiger charge is -2.09. The fraction of sp³-hybridized carbons (Fsp3) is 0.103. The van der Waals surface area contributed by atoms with Crippen LogP contribution < -0.4 is 0 Å². The van der Waals surface area contributed by atoms with Crippen LogP contribution in [0.2, 0.25) is 0 Å². The average molecular weight is 487 g/mol. The largest absolute Gasteiger partial charge is 0.508 e. The van der Waals surface area contributed by atoms with Crippen LogP contribution in [0.3, 0.4) is 0 Å². The molecule has 0 aliphatic carbocycles. The number of carbonyl (C=O) groups is 2. The number of hydrogen-bond acceptors (Lipinski definition) is 7. The van der Waals surface area contributed by atoms with Gasteiger partial charge >= 0.3 is 5.97 Å². The molecule has 0 radical (unpaired) electrons. The maximum absolute atomic E-state index is 12.6. The number of phenols is 4. The van der Waals surface area contributed by atoms with Gasteiger partial charge in [0.05, 0.1) is 5.56 Å². The Bertz CT molecular complexity index is 1310. The number of phenolic OH excluding ortho intramolecular Hbond substituents is 4. The number of esters is 1. The molecule has 0 saturated carbocycles. The summed E-state index contributed by atoms with van der Waals surface area (Å²) in [7, 11) is 0. The van der Waals surface area contributed by atoms with Crippen molar-refractivity contribution in [1.82, 2.24) is 0 Å². The summed E-state index contributed by atoms with van der Waals surface area (Å²) in [6.45, 7) is 1.74. The summed E-state index contributed by atoms with van der Waals surface area (Å²) in [5.74, 6) is -1.24. The van der Waals surface area contributed by atoms with Gasteiger partial charge in [-0.2, -0.15) is 0 Å². The van der Waals surface area contributed by atoms with Gasteiger partial charge in [0.25, 0.3) is 0 Å². The monoisotopic (exact) mass is 486 g/mol. The van der Waals surface area contributed by atoms with E-state index in [1.165, 1.54) is 48.6 Å². The summed E-state index contributed by atoms with van der Waals surface area (Å²) in [5.41, 5.74) is 2.33. The van der Waals surface area contributed by atoms with Gasteiger partial charge in [-0.1, -0.05) is 36.4 Å². The van der Waals surface area contributed by atoms with E-state index in [0.29, 0.717) is 11.1 Å². The molecule has 0 aromatic heterocycles. The zero-order chi connectivity index (χ0) is 26.1. The van der Waals surface area contributed by atoms with Gasteiger partial charge in [0.1, 0.15) is 29.6 Å². The minimum absolute atomic E-state index is 0.00820. The summed E-state index contributed by atoms with van der Waals surface area (Å²) in [6.07, 6.45) is 7.50. The summed E-state index contributed by atoms with van der Waals surface area (Å²) < 4.78 is 5.19. The Labute approximate surface area is 208 Å². The smallest absolute Gasteiger partial charge is 0.331 e. The number of allylic oxidation sites excluding steroid dienone is 2. The molecular weight excluding hydrogens is 460 g/mol. The Morgan fingerprint density at radius 1 is 0.778 bits per heavy atom. The number of ketones is 1. The minimum atomic E-state index is -0.547. The van der Waals surface area contributed by atoms with Gasteiger partial charge in [-0.3, -0.25) is 4.79 Å². The van der Waals surface area contributed by atoms with Crippen molar-refractivity contribution in [2.75, 3.05) is 6.61 Å². The molecule has 0 heterocycles. The van der Waals surface area contributed by atoms with Gasteiger partial charge in [0.15, 0.2) is 5.78 Å². The SMILES string of the molecule is CC(=CCc1c(O)ccc(C(=O)C=Cc2ccc(O)cc2)c1O)COC(=O)C=Cc1ccc(O)cc1. The second kappa shape index (κ2) is 12.1. The number of ether oxygens (including phenoxy) is 1. The molecule has 0 fully saturated rings. The van der Waals surface area contributed by atoms with Crippen LogP contribution in [-0.2, 0) is 16.0 Å². The van der Waals surface area contributed by atoms with Gasteiger partial charge in [-0.25, -0.2) is 4.79 Å². The third-order valence-electron chi connectivity index (χ3n) is 5.25. The van der Waals surface area contributed by atoms with E-state index >= 15 is 0 Å². The van der Waals surface area contributed by atoms with Crippen molar-refractivity contribution in [2.45, 2.75) is 13.3 Å². The third-order valence-corrected chi connectivity index (χ3v) is 5.25. The second-order valence-electron chi connectivity index (χ2n) is 8.04. The van der Waals surface area contributed by atoms with Crippen molar-refractivity contribution in [3.05, 3.63) is 107 Å². The molecule has 0 aliphatic rings. The lowest BCUT2D eigenvalue weighted by molar-refractivity contribution is -0.136. The van der Waals surface area contributed by atoms with E-state index < -0.39 is 11.8 Å². The van der Waals surface area contributed by atoms with E-state index in [2.05, 4.69) is 0 Å². The normalized spacial score (nSPS) is 11.8. The van der Waals surface area contributed by atoms with Crippen LogP contribution in [0.15, 0.2) is 84.5 Å². The molecule has 7 heteroatoms. The molecule has 3 aromatic carbocycles. The van der Waals surface area contributed by atoms with Crippen LogP contribution >= 0.6 is 0 Å². The van der Waals surface area contributed by atoms with Gasteiger partial charge in [0.2, 0.25) is 0 Å². The van der Waals surface area contributed by atoms with Gasteiger partial charge in [-0.05, 0) is 78.6 Å². The predicted octanol–water partition coefficient (Wildman–Crippen LogP) is 5.15. The topological polar surface area (TPSA) is 124 Å². The number of carbonyl (C=O) groups excluding carboxylic acids is 2. The highest BCUT2D eigenvalue weighted by Crippen LogP contribution is 2.32. The maximum Gasteiger partial charge on any atom is 0.331 e. The number of benzene rings is 3. The van der Waals surface area contributed by atoms with Crippen molar-refractivity contribution in [2.24, 2.45) is 0 Å². The van der Waals surface area contributed by atoms with Crippen molar-refractivity contribution in [3.63, 3.8) is 0 Å². The lowest BCUT2D eigenvalue weighted by Crippen LogP contribution is -2.03. The zero-order valence-electron chi connectivity index (χ0n) is 19.6. The minimum Gasteiger partial charge on any atom is -0.508 e. The fourth-order valence-electron chi connectivity index (χ4n) is 3.19. The molecule has 3 rings (SSSR count). The Kier molecular flexibility index (Phi) is 8.67. The maximum atomic E-state index is 12.6. The second-order valence-corrected chi connectivity index (χ2v) is 8.04. The van der Waals surface area contributed by atoms with Crippen molar-refractivity contribution in [1.29, 1.82) is 0 Å². The van der Waals surface area contributed by atoms with Crippen LogP contribution in [0.4, 0.5) is 0 Å². The molecule has 0 atom stereocenters. The third kappa shape index (κ3) is 7.36. The Balaban J connectivity index is 1.61. The fourth-order valence-corrected chi connectivity index (χ4v) is 3.19. The highest BCUT2D eigenvalue weighted by molar-refractivity contribution is 6.09. The quantitative estimate of drug-likeness (QED) is 0.143. The van der Waals surface area contributed by atoms with Crippen LogP contribution in [0.1, 0.15) is 34.0 Å². The van der Waals surface area contributed by atoms with Gasteiger partial charge in [0, 0.05) is 11.6 Å². The first-order valence-electron chi connectivity index (χ1n) is 11.1. The van der Waals surface area contributed by atoms with Crippen LogP contribution in [0.25, 0.3) is 12.2 Å². The van der Waals surface area contributed by atoms with Crippen molar-refractivity contribution >= 4 is 23.9 Å². The molecule has 0 saturated heterocycles. The predicted molar refractivity (Wildman–Crippen MR) is 137 cm³/mol. The van der Waals surface area contributed by atoms with Crippen LogP contribution in [0.5, 0.6) is 23.0 Å². The van der Waals surface area contributed by atoms with Crippen LogP contribution in [-0.4, -0.2) is 38.8 Å². The van der Waals surface area contributed by atoms with E-state index in [1.807, 2.05) is 0 Å². The molecular formula is C29H26O7. The first-order chi connectivity index (χ1) is 17.2. The van der Waals surface area contributed by atoms with Crippen molar-refractivity contribution in [3.8, 4) is 23.0 Å². The van der Waals surface area contributed by atoms with E-state index in [1.54, 1.807) is 49.4 Å². The summed E-state index contributed by atoms with van der Waals surface area (Å²) in [4.78, 5) is 24.5. The lowest BCUT2D eigenvalue weighted by atomic mass is 10.0. The van der Waals surface area contributed by atoms with Crippen molar-refractivity contribution < 1.29 is 34.8 Å². The Hall–Kier alpha value is -4.78. The van der Waals surface area contributed by atoms with Gasteiger partial charge < -0.3 is 25.2 Å². The number of hydrogen-bond donors (Lipinski definition) is 4. The standard InChI is InChI=1S/C29H26O7/c1-19(18-36-28(34)17-8-21-5-11-23(31)12-6-21)2-13-24-27(33)16-14-25(29(24)35)26(32)15-7-20-3-9-22(30)10-4-20/h2-12,14-17,30-31,33,35H,13,18H2,1H3.